The lowest BCUT2D eigenvalue weighted by atomic mass is 10.2. The molecule has 27 heavy (non-hydrogen) atoms. The summed E-state index contributed by atoms with van der Waals surface area (Å²) in [7, 11) is 3.39. The summed E-state index contributed by atoms with van der Waals surface area (Å²) >= 11 is 6.27. The molecule has 2 aromatic carbocycles. The molecule has 0 atom stereocenters. The maximum absolute atomic E-state index is 6.27. The van der Waals surface area contributed by atoms with Gasteiger partial charge >= 0.3 is 0 Å². The van der Waals surface area contributed by atoms with Crippen LogP contribution < -0.4 is 24.8 Å². The van der Waals surface area contributed by atoms with Crippen LogP contribution in [0.1, 0.15) is 11.1 Å². The van der Waals surface area contributed by atoms with E-state index in [4.69, 9.17) is 25.8 Å². The fourth-order valence-corrected chi connectivity index (χ4v) is 2.89. The van der Waals surface area contributed by atoms with Crippen molar-refractivity contribution >= 4 is 41.5 Å². The van der Waals surface area contributed by atoms with Gasteiger partial charge in [-0.3, -0.25) is 4.99 Å². The van der Waals surface area contributed by atoms with Crippen molar-refractivity contribution in [1.82, 2.24) is 10.6 Å². The molecule has 0 unspecified atom stereocenters. The van der Waals surface area contributed by atoms with Crippen molar-refractivity contribution in [2.75, 3.05) is 27.4 Å². The number of methoxy groups -OCH3 is 1. The molecule has 0 saturated heterocycles. The van der Waals surface area contributed by atoms with Crippen LogP contribution in [0.3, 0.4) is 0 Å². The molecule has 0 bridgehead atoms. The van der Waals surface area contributed by atoms with Crippen LogP contribution in [-0.2, 0) is 13.1 Å². The minimum absolute atomic E-state index is 0. The van der Waals surface area contributed by atoms with Gasteiger partial charge in [0, 0.05) is 20.1 Å². The van der Waals surface area contributed by atoms with Crippen molar-refractivity contribution in [2.45, 2.75) is 13.1 Å². The molecule has 0 aromatic heterocycles. The third-order valence-electron chi connectivity index (χ3n) is 3.96. The number of fused-ring (bicyclic) bond motifs is 1. The predicted octanol–water partition coefficient (Wildman–Crippen LogP) is 3.60. The molecule has 2 N–H and O–H groups in total. The average molecular weight is 504 g/mol. The normalized spacial score (nSPS) is 12.8. The van der Waals surface area contributed by atoms with Gasteiger partial charge in [0.25, 0.3) is 0 Å². The standard InChI is InChI=1S/C19H22ClN3O3.HI/c1-21-19(22-11-13-3-5-15(24-2)6-4-13)23-12-14-9-16(20)18-17(10-14)25-7-8-26-18;/h3-6,9-10H,7-8,11-12H2,1-2H3,(H2,21,22,23);1H. The summed E-state index contributed by atoms with van der Waals surface area (Å²) in [5, 5.41) is 7.11. The number of nitrogens with one attached hydrogen (secondary N) is 2. The maximum Gasteiger partial charge on any atom is 0.191 e. The Morgan fingerprint density at radius 2 is 1.74 bits per heavy atom. The molecule has 0 fully saturated rings. The quantitative estimate of drug-likeness (QED) is 0.371. The molecule has 1 heterocycles. The monoisotopic (exact) mass is 503 g/mol. The molecule has 0 amide bonds. The van der Waals surface area contributed by atoms with Gasteiger partial charge in [-0.2, -0.15) is 0 Å². The van der Waals surface area contributed by atoms with Crippen molar-refractivity contribution in [3.63, 3.8) is 0 Å². The Morgan fingerprint density at radius 1 is 1.07 bits per heavy atom. The Morgan fingerprint density at radius 3 is 2.41 bits per heavy atom. The van der Waals surface area contributed by atoms with Gasteiger partial charge in [-0.15, -0.1) is 24.0 Å². The number of nitrogens with zero attached hydrogens (tertiary/aromatic N) is 1. The van der Waals surface area contributed by atoms with Gasteiger partial charge in [-0.1, -0.05) is 23.7 Å². The molecule has 2 aromatic rings. The molecule has 0 aliphatic carbocycles. The van der Waals surface area contributed by atoms with Crippen molar-refractivity contribution in [1.29, 1.82) is 0 Å². The molecule has 146 valence electrons. The number of halogens is 2. The van der Waals surface area contributed by atoms with E-state index in [0.717, 1.165) is 16.9 Å². The van der Waals surface area contributed by atoms with Crippen molar-refractivity contribution < 1.29 is 14.2 Å². The van der Waals surface area contributed by atoms with Crippen LogP contribution in [0.15, 0.2) is 41.4 Å². The summed E-state index contributed by atoms with van der Waals surface area (Å²) in [6.07, 6.45) is 0. The van der Waals surface area contributed by atoms with Gasteiger partial charge in [-0.05, 0) is 35.4 Å². The van der Waals surface area contributed by atoms with E-state index >= 15 is 0 Å². The van der Waals surface area contributed by atoms with E-state index in [1.807, 2.05) is 36.4 Å². The number of rotatable bonds is 5. The molecule has 0 spiro atoms. The molecular formula is C19H23ClIN3O3. The molecule has 6 nitrogen and oxygen atoms in total. The second kappa shape index (κ2) is 10.5. The number of guanidine groups is 1. The van der Waals surface area contributed by atoms with E-state index in [1.165, 1.54) is 0 Å². The van der Waals surface area contributed by atoms with Crippen LogP contribution in [-0.4, -0.2) is 33.3 Å². The van der Waals surface area contributed by atoms with Crippen LogP contribution in [0.25, 0.3) is 0 Å². The highest BCUT2D eigenvalue weighted by atomic mass is 127. The molecule has 3 rings (SSSR count). The van der Waals surface area contributed by atoms with Crippen LogP contribution in [0.4, 0.5) is 0 Å². The third kappa shape index (κ3) is 5.80. The lowest BCUT2D eigenvalue weighted by molar-refractivity contribution is 0.171. The maximum atomic E-state index is 6.27. The molecule has 1 aliphatic heterocycles. The molecule has 1 aliphatic rings. The Bertz CT molecular complexity index is 785. The first-order valence-electron chi connectivity index (χ1n) is 8.35. The second-order valence-electron chi connectivity index (χ2n) is 5.73. The Hall–Kier alpha value is -1.87. The highest BCUT2D eigenvalue weighted by Gasteiger charge is 2.16. The molecule has 0 saturated carbocycles. The first-order chi connectivity index (χ1) is 12.7. The van der Waals surface area contributed by atoms with Crippen LogP contribution in [0.5, 0.6) is 17.2 Å². The highest BCUT2D eigenvalue weighted by Crippen LogP contribution is 2.38. The predicted molar refractivity (Wildman–Crippen MR) is 118 cm³/mol. The van der Waals surface area contributed by atoms with E-state index in [-0.39, 0.29) is 24.0 Å². The Labute approximate surface area is 181 Å². The minimum atomic E-state index is 0. The Kier molecular flexibility index (Phi) is 8.30. The smallest absolute Gasteiger partial charge is 0.191 e. The highest BCUT2D eigenvalue weighted by molar-refractivity contribution is 14.0. The molecular weight excluding hydrogens is 481 g/mol. The van der Waals surface area contributed by atoms with Gasteiger partial charge < -0.3 is 24.8 Å². The number of ether oxygens (including phenoxy) is 3. The largest absolute Gasteiger partial charge is 0.497 e. The van der Waals surface area contributed by atoms with Gasteiger partial charge in [-0.25, -0.2) is 0 Å². The first kappa shape index (κ1) is 21.4. The number of aliphatic imine (C=N–C) groups is 1. The number of benzene rings is 2. The first-order valence-corrected chi connectivity index (χ1v) is 8.73. The lowest BCUT2D eigenvalue weighted by Gasteiger charge is -2.20. The molecule has 0 radical (unpaired) electrons. The van der Waals surface area contributed by atoms with Gasteiger partial charge in [0.05, 0.1) is 12.1 Å². The van der Waals surface area contributed by atoms with E-state index in [1.54, 1.807) is 14.2 Å². The van der Waals surface area contributed by atoms with Crippen LogP contribution in [0.2, 0.25) is 5.02 Å². The van der Waals surface area contributed by atoms with Crippen molar-refractivity contribution in [3.05, 3.63) is 52.5 Å². The topological polar surface area (TPSA) is 64.1 Å². The Balaban J connectivity index is 0.00000261. The zero-order chi connectivity index (χ0) is 18.4. The average Bonchev–Trinajstić information content (AvgIpc) is 2.68. The van der Waals surface area contributed by atoms with E-state index in [0.29, 0.717) is 48.8 Å². The third-order valence-corrected chi connectivity index (χ3v) is 4.24. The summed E-state index contributed by atoms with van der Waals surface area (Å²) in [5.41, 5.74) is 2.13. The fourth-order valence-electron chi connectivity index (χ4n) is 2.60. The van der Waals surface area contributed by atoms with Crippen LogP contribution in [0, 0.1) is 0 Å². The van der Waals surface area contributed by atoms with Crippen LogP contribution >= 0.6 is 35.6 Å². The number of hydrogen-bond acceptors (Lipinski definition) is 4. The van der Waals surface area contributed by atoms with E-state index in [9.17, 15) is 0 Å². The zero-order valence-electron chi connectivity index (χ0n) is 15.3. The lowest BCUT2D eigenvalue weighted by Crippen LogP contribution is -2.36. The van der Waals surface area contributed by atoms with Gasteiger partial charge in [0.15, 0.2) is 17.5 Å². The summed E-state index contributed by atoms with van der Waals surface area (Å²) in [5.74, 6) is 2.84. The van der Waals surface area contributed by atoms with Crippen molar-refractivity contribution in [3.8, 4) is 17.2 Å². The number of hydrogen-bond donors (Lipinski definition) is 2. The van der Waals surface area contributed by atoms with Gasteiger partial charge in [0.1, 0.15) is 19.0 Å². The molecule has 8 heteroatoms. The van der Waals surface area contributed by atoms with Crippen molar-refractivity contribution in [2.24, 2.45) is 4.99 Å². The summed E-state index contributed by atoms with van der Waals surface area (Å²) < 4.78 is 16.3. The summed E-state index contributed by atoms with van der Waals surface area (Å²) in [6, 6.07) is 11.7. The van der Waals surface area contributed by atoms with Gasteiger partial charge in [0.2, 0.25) is 0 Å². The fraction of sp³-hybridized carbons (Fsp3) is 0.316. The zero-order valence-corrected chi connectivity index (χ0v) is 18.3. The second-order valence-corrected chi connectivity index (χ2v) is 6.14. The minimum Gasteiger partial charge on any atom is -0.497 e. The summed E-state index contributed by atoms with van der Waals surface area (Å²) in [4.78, 5) is 4.24. The summed E-state index contributed by atoms with van der Waals surface area (Å²) in [6.45, 7) is 2.28. The van der Waals surface area contributed by atoms with E-state index < -0.39 is 0 Å². The van der Waals surface area contributed by atoms with E-state index in [2.05, 4.69) is 15.6 Å². The SMILES string of the molecule is CN=C(NCc1ccc(OC)cc1)NCc1cc(Cl)c2c(c1)OCCO2.I.